The molecule has 6 nitrogen and oxygen atoms in total. The summed E-state index contributed by atoms with van der Waals surface area (Å²) in [6.45, 7) is 0.154. The number of aliphatic hydroxyl groups excluding tert-OH is 1. The van der Waals surface area contributed by atoms with Crippen LogP contribution in [0.5, 0.6) is 0 Å². The number of nitrogens with zero attached hydrogens (tertiary/aromatic N) is 3. The van der Waals surface area contributed by atoms with Crippen molar-refractivity contribution in [2.75, 3.05) is 20.3 Å². The van der Waals surface area contributed by atoms with E-state index in [0.717, 1.165) is 0 Å². The molecule has 1 N–H and O–H groups in total. The van der Waals surface area contributed by atoms with E-state index >= 15 is 0 Å². The van der Waals surface area contributed by atoms with Crippen molar-refractivity contribution in [3.05, 3.63) is 10.4 Å². The lowest BCUT2D eigenvalue weighted by atomic mass is 10.0. The van der Waals surface area contributed by atoms with E-state index in [1.807, 2.05) is 0 Å². The Labute approximate surface area is 77.5 Å². The molecule has 74 valence electrons. The maximum Gasteiger partial charge on any atom is 0.107 e. The predicted octanol–water partition coefficient (Wildman–Crippen LogP) is 0.462. The second kappa shape index (κ2) is 5.04. The molecule has 1 aliphatic rings. The first kappa shape index (κ1) is 8.77. The number of ether oxygens (including phenoxy) is 2. The van der Waals surface area contributed by atoms with Crippen LogP contribution in [0.25, 0.3) is 10.4 Å². The quantitative estimate of drug-likeness (QED) is 0.396. The SMILES string of the molecule is [2H]CO[C@H]1C[C@@H](N=[N+]=[N-])CO[C@@H]1CO. The highest BCUT2D eigenvalue weighted by Gasteiger charge is 2.30. The van der Waals surface area contributed by atoms with Crippen LogP contribution >= 0.6 is 0 Å². The standard InChI is InChI=1S/C7H13N3O3/c1-12-6-2-5(9-10-8)4-13-7(6)3-11/h5-7,11H,2-4H2,1H3/t5-,6+,7-/m1/s1/i1D. The number of methoxy groups -OCH3 is 1. The minimum Gasteiger partial charge on any atom is -0.394 e. The molecule has 0 aromatic heterocycles. The first-order valence-electron chi connectivity index (χ1n) is 4.70. The Morgan fingerprint density at radius 3 is 3.38 bits per heavy atom. The van der Waals surface area contributed by atoms with Gasteiger partial charge >= 0.3 is 0 Å². The van der Waals surface area contributed by atoms with E-state index in [9.17, 15) is 0 Å². The van der Waals surface area contributed by atoms with Crippen molar-refractivity contribution in [1.82, 2.24) is 0 Å². The zero-order chi connectivity index (χ0) is 10.4. The predicted molar refractivity (Wildman–Crippen MR) is 45.2 cm³/mol. The molecule has 13 heavy (non-hydrogen) atoms. The van der Waals surface area contributed by atoms with Crippen molar-refractivity contribution in [1.29, 1.82) is 0 Å². The molecule has 1 aliphatic heterocycles. The topological polar surface area (TPSA) is 87.5 Å². The van der Waals surface area contributed by atoms with Gasteiger partial charge in [0.1, 0.15) is 6.10 Å². The van der Waals surface area contributed by atoms with Crippen molar-refractivity contribution < 1.29 is 16.0 Å². The molecule has 6 heteroatoms. The number of hydrogen-bond donors (Lipinski definition) is 1. The van der Waals surface area contributed by atoms with Crippen LogP contribution < -0.4 is 0 Å². The van der Waals surface area contributed by atoms with E-state index < -0.39 is 6.10 Å². The molecule has 1 fully saturated rings. The zero-order valence-corrected chi connectivity index (χ0v) is 7.17. The molecular weight excluding hydrogens is 174 g/mol. The van der Waals surface area contributed by atoms with Gasteiger partial charge in [-0.05, 0) is 12.0 Å². The van der Waals surface area contributed by atoms with Gasteiger partial charge in [-0.15, -0.1) is 0 Å². The molecule has 0 saturated carbocycles. The maximum atomic E-state index is 8.93. The maximum absolute atomic E-state index is 8.93. The molecule has 0 spiro atoms. The van der Waals surface area contributed by atoms with Crippen LogP contribution in [0, 0.1) is 0 Å². The average molecular weight is 188 g/mol. The summed E-state index contributed by atoms with van der Waals surface area (Å²) >= 11 is 0. The Kier molecular flexibility index (Phi) is 3.40. The largest absolute Gasteiger partial charge is 0.394 e. The second-order valence-electron chi connectivity index (χ2n) is 2.85. The third kappa shape index (κ3) is 2.57. The van der Waals surface area contributed by atoms with Gasteiger partial charge in [-0.2, -0.15) is 0 Å². The third-order valence-electron chi connectivity index (χ3n) is 2.03. The van der Waals surface area contributed by atoms with Gasteiger partial charge in [0.2, 0.25) is 0 Å². The molecule has 1 rings (SSSR count). The molecule has 0 bridgehead atoms. The summed E-state index contributed by atoms with van der Waals surface area (Å²) in [7, 11) is -0.187. The van der Waals surface area contributed by atoms with Crippen LogP contribution in [0.15, 0.2) is 5.11 Å². The summed E-state index contributed by atoms with van der Waals surface area (Å²) in [4.78, 5) is 2.68. The number of azide groups is 1. The van der Waals surface area contributed by atoms with Crippen molar-refractivity contribution in [3.8, 4) is 0 Å². The molecule has 1 heterocycles. The van der Waals surface area contributed by atoms with Crippen LogP contribution in [0.3, 0.4) is 0 Å². The average Bonchev–Trinajstić information content (AvgIpc) is 2.19. The smallest absolute Gasteiger partial charge is 0.107 e. The number of rotatable bonds is 3. The van der Waals surface area contributed by atoms with Gasteiger partial charge in [-0.25, -0.2) is 0 Å². The second-order valence-corrected chi connectivity index (χ2v) is 2.85. The van der Waals surface area contributed by atoms with Crippen LogP contribution in [-0.4, -0.2) is 43.7 Å². The third-order valence-corrected chi connectivity index (χ3v) is 2.03. The first-order valence-corrected chi connectivity index (χ1v) is 3.99. The molecular formula is C7H13N3O3. The molecule has 0 aromatic rings. The van der Waals surface area contributed by atoms with Crippen molar-refractivity contribution >= 4 is 0 Å². The van der Waals surface area contributed by atoms with Gasteiger partial charge in [0.25, 0.3) is 0 Å². The van der Waals surface area contributed by atoms with Crippen LogP contribution in [0.4, 0.5) is 0 Å². The lowest BCUT2D eigenvalue weighted by Crippen LogP contribution is -2.43. The summed E-state index contributed by atoms with van der Waals surface area (Å²) in [5.74, 6) is 0. The van der Waals surface area contributed by atoms with E-state index in [1.165, 1.54) is 0 Å². The molecule has 0 aliphatic carbocycles. The normalized spacial score (nSPS) is 34.8. The van der Waals surface area contributed by atoms with Gasteiger partial charge in [0, 0.05) is 12.0 Å². The molecule has 0 unspecified atom stereocenters. The summed E-state index contributed by atoms with van der Waals surface area (Å²) in [5, 5.41) is 12.5. The highest BCUT2D eigenvalue weighted by Crippen LogP contribution is 2.19. The number of aliphatic hydroxyl groups is 1. The van der Waals surface area contributed by atoms with E-state index in [-0.39, 0.29) is 25.8 Å². The van der Waals surface area contributed by atoms with E-state index in [2.05, 4.69) is 10.0 Å². The van der Waals surface area contributed by atoms with Gasteiger partial charge in [-0.3, -0.25) is 0 Å². The van der Waals surface area contributed by atoms with Gasteiger partial charge in [0.05, 0.1) is 26.7 Å². The van der Waals surface area contributed by atoms with Gasteiger partial charge in [-0.1, -0.05) is 5.11 Å². The summed E-state index contributed by atoms with van der Waals surface area (Å²) in [6.07, 6.45) is -0.277. The van der Waals surface area contributed by atoms with E-state index in [1.54, 1.807) is 0 Å². The summed E-state index contributed by atoms with van der Waals surface area (Å²) < 4.78 is 17.2. The van der Waals surface area contributed by atoms with Gasteiger partial charge in [0.15, 0.2) is 0 Å². The molecule has 1 saturated heterocycles. The fourth-order valence-corrected chi connectivity index (χ4v) is 1.33. The number of hydrogen-bond acceptors (Lipinski definition) is 4. The lowest BCUT2D eigenvalue weighted by molar-refractivity contribution is -0.115. The van der Waals surface area contributed by atoms with Crippen LogP contribution in [0.2, 0.25) is 0 Å². The monoisotopic (exact) mass is 188 g/mol. The Hall–Kier alpha value is -0.810. The minimum atomic E-state index is -0.412. The lowest BCUT2D eigenvalue weighted by Gasteiger charge is -2.32. The fourth-order valence-electron chi connectivity index (χ4n) is 1.33. The highest BCUT2D eigenvalue weighted by molar-refractivity contribution is 4.83. The van der Waals surface area contributed by atoms with Crippen LogP contribution in [-0.2, 0) is 9.47 Å². The summed E-state index contributed by atoms with van der Waals surface area (Å²) in [5.41, 5.74) is 8.23. The van der Waals surface area contributed by atoms with Crippen molar-refractivity contribution in [2.45, 2.75) is 24.7 Å². The Morgan fingerprint density at radius 1 is 1.92 bits per heavy atom. The van der Waals surface area contributed by atoms with E-state index in [0.29, 0.717) is 13.0 Å². The Morgan fingerprint density at radius 2 is 2.77 bits per heavy atom. The van der Waals surface area contributed by atoms with Crippen molar-refractivity contribution in [2.24, 2.45) is 5.11 Å². The van der Waals surface area contributed by atoms with E-state index in [4.69, 9.17) is 21.5 Å². The molecule has 0 aromatic carbocycles. The zero-order valence-electron chi connectivity index (χ0n) is 8.17. The van der Waals surface area contributed by atoms with Crippen LogP contribution in [0.1, 0.15) is 7.79 Å². The Balaban J connectivity index is 2.51. The summed E-state index contributed by atoms with van der Waals surface area (Å²) in [6, 6.07) is -0.264. The van der Waals surface area contributed by atoms with Crippen molar-refractivity contribution in [3.63, 3.8) is 0 Å². The molecule has 0 radical (unpaired) electrons. The first-order chi connectivity index (χ1) is 6.81. The molecule has 0 amide bonds. The van der Waals surface area contributed by atoms with Gasteiger partial charge < -0.3 is 14.6 Å². The Bertz CT molecular complexity index is 222. The minimum absolute atomic E-state index is 0.145. The highest BCUT2D eigenvalue weighted by atomic mass is 16.5. The fraction of sp³-hybridized carbons (Fsp3) is 1.00. The molecule has 3 atom stereocenters.